The van der Waals surface area contributed by atoms with Gasteiger partial charge in [-0.15, -0.1) is 10.2 Å². The van der Waals surface area contributed by atoms with Crippen LogP contribution in [0.3, 0.4) is 0 Å². The van der Waals surface area contributed by atoms with Gasteiger partial charge < -0.3 is 14.6 Å². The largest absolute Gasteiger partial charge is 0.490 e. The number of nitro benzene ring substituents is 1. The molecule has 33 heavy (non-hydrogen) atoms. The number of nitrogens with one attached hydrogen (secondary N) is 1. The van der Waals surface area contributed by atoms with Crippen molar-refractivity contribution in [2.75, 3.05) is 11.1 Å². The summed E-state index contributed by atoms with van der Waals surface area (Å²) >= 11 is 1.27. The van der Waals surface area contributed by atoms with E-state index in [4.69, 9.17) is 4.74 Å². The van der Waals surface area contributed by atoms with Gasteiger partial charge >= 0.3 is 0 Å². The number of aromatic nitrogens is 3. The SMILES string of the molecule is CCn1c(SCC(=O)Nc2cccc([N+](=O)[O-])c2)nnc1-c1ccc(OC2CCCC2)cc1. The fourth-order valence-corrected chi connectivity index (χ4v) is 4.60. The molecule has 1 aliphatic rings. The van der Waals surface area contributed by atoms with Gasteiger partial charge in [-0.25, -0.2) is 0 Å². The standard InChI is InChI=1S/C23H25N5O4S/c1-2-27-22(16-10-12-20(13-11-16)32-19-8-3-4-9-19)25-26-23(27)33-15-21(29)24-17-6-5-7-18(14-17)28(30)31/h5-7,10-14,19H,2-4,8-9,15H2,1H3,(H,24,29). The minimum atomic E-state index is -0.497. The lowest BCUT2D eigenvalue weighted by molar-refractivity contribution is -0.384. The molecule has 0 spiro atoms. The normalized spacial score (nSPS) is 13.7. The Labute approximate surface area is 195 Å². The van der Waals surface area contributed by atoms with E-state index in [9.17, 15) is 14.9 Å². The summed E-state index contributed by atoms with van der Waals surface area (Å²) in [7, 11) is 0. The van der Waals surface area contributed by atoms with E-state index in [1.165, 1.54) is 42.8 Å². The average molecular weight is 468 g/mol. The number of thioether (sulfide) groups is 1. The van der Waals surface area contributed by atoms with E-state index in [0.29, 0.717) is 23.5 Å². The third-order valence-electron chi connectivity index (χ3n) is 5.42. The molecular formula is C23H25N5O4S. The second kappa shape index (κ2) is 10.5. The van der Waals surface area contributed by atoms with Crippen LogP contribution in [0.15, 0.2) is 53.7 Å². The first-order chi connectivity index (χ1) is 16.0. The van der Waals surface area contributed by atoms with Gasteiger partial charge in [0.2, 0.25) is 5.91 Å². The summed E-state index contributed by atoms with van der Waals surface area (Å²) in [5.74, 6) is 1.42. The highest BCUT2D eigenvalue weighted by atomic mass is 32.2. The maximum Gasteiger partial charge on any atom is 0.271 e. The number of rotatable bonds is 9. The molecule has 0 radical (unpaired) electrons. The predicted molar refractivity (Wildman–Crippen MR) is 126 cm³/mol. The van der Waals surface area contributed by atoms with Crippen LogP contribution in [-0.2, 0) is 11.3 Å². The monoisotopic (exact) mass is 467 g/mol. The molecule has 1 aliphatic carbocycles. The zero-order valence-electron chi connectivity index (χ0n) is 18.3. The first kappa shape index (κ1) is 22.8. The van der Waals surface area contributed by atoms with Gasteiger partial charge in [-0.2, -0.15) is 0 Å². The quantitative estimate of drug-likeness (QED) is 0.270. The molecule has 0 bridgehead atoms. The number of hydrogen-bond donors (Lipinski definition) is 1. The number of ether oxygens (including phenoxy) is 1. The highest BCUT2D eigenvalue weighted by Gasteiger charge is 2.18. The fraction of sp³-hybridized carbons (Fsp3) is 0.348. The van der Waals surface area contributed by atoms with Crippen molar-refractivity contribution in [1.82, 2.24) is 14.8 Å². The van der Waals surface area contributed by atoms with Crippen molar-refractivity contribution in [2.45, 2.75) is 50.4 Å². The van der Waals surface area contributed by atoms with Crippen LogP contribution in [-0.4, -0.2) is 37.5 Å². The molecule has 2 aromatic carbocycles. The summed E-state index contributed by atoms with van der Waals surface area (Å²) in [4.78, 5) is 22.8. The summed E-state index contributed by atoms with van der Waals surface area (Å²) in [6.07, 6.45) is 4.99. The van der Waals surface area contributed by atoms with Gasteiger partial charge in [0, 0.05) is 29.9 Å². The summed E-state index contributed by atoms with van der Waals surface area (Å²) in [6.45, 7) is 2.65. The van der Waals surface area contributed by atoms with Crippen LogP contribution >= 0.6 is 11.8 Å². The van der Waals surface area contributed by atoms with Crippen LogP contribution in [0.25, 0.3) is 11.4 Å². The van der Waals surface area contributed by atoms with Crippen LogP contribution in [0.4, 0.5) is 11.4 Å². The molecule has 9 nitrogen and oxygen atoms in total. The first-order valence-corrected chi connectivity index (χ1v) is 11.9. The number of carbonyl (C=O) groups is 1. The Bertz CT molecular complexity index is 1130. The lowest BCUT2D eigenvalue weighted by atomic mass is 10.2. The minimum absolute atomic E-state index is 0.0736. The molecule has 1 amide bonds. The zero-order valence-corrected chi connectivity index (χ0v) is 19.1. The topological polar surface area (TPSA) is 112 Å². The van der Waals surface area contributed by atoms with E-state index in [0.717, 1.165) is 30.0 Å². The highest BCUT2D eigenvalue weighted by molar-refractivity contribution is 7.99. The van der Waals surface area contributed by atoms with Gasteiger partial charge in [-0.1, -0.05) is 17.8 Å². The van der Waals surface area contributed by atoms with E-state index < -0.39 is 4.92 Å². The Morgan fingerprint density at radius 3 is 2.67 bits per heavy atom. The minimum Gasteiger partial charge on any atom is -0.490 e. The molecule has 1 N–H and O–H groups in total. The maximum atomic E-state index is 12.3. The van der Waals surface area contributed by atoms with Crippen molar-refractivity contribution in [3.05, 3.63) is 58.6 Å². The molecule has 0 atom stereocenters. The van der Waals surface area contributed by atoms with E-state index in [1.807, 2.05) is 35.8 Å². The summed E-state index contributed by atoms with van der Waals surface area (Å²) in [6, 6.07) is 13.7. The molecule has 10 heteroatoms. The molecular weight excluding hydrogens is 442 g/mol. The van der Waals surface area contributed by atoms with Crippen molar-refractivity contribution in [3.63, 3.8) is 0 Å². The van der Waals surface area contributed by atoms with Gasteiger partial charge in [0.15, 0.2) is 11.0 Å². The van der Waals surface area contributed by atoms with Crippen molar-refractivity contribution in [1.29, 1.82) is 0 Å². The van der Waals surface area contributed by atoms with Crippen LogP contribution in [0.2, 0.25) is 0 Å². The number of carbonyl (C=O) groups excluding carboxylic acids is 1. The van der Waals surface area contributed by atoms with E-state index in [-0.39, 0.29) is 17.3 Å². The number of amides is 1. The maximum absolute atomic E-state index is 12.3. The molecule has 0 saturated heterocycles. The van der Waals surface area contributed by atoms with Crippen LogP contribution < -0.4 is 10.1 Å². The molecule has 0 aliphatic heterocycles. The predicted octanol–water partition coefficient (Wildman–Crippen LogP) is 4.93. The van der Waals surface area contributed by atoms with Crippen molar-refractivity contribution < 1.29 is 14.5 Å². The Morgan fingerprint density at radius 2 is 1.97 bits per heavy atom. The van der Waals surface area contributed by atoms with E-state index in [1.54, 1.807) is 6.07 Å². The van der Waals surface area contributed by atoms with E-state index >= 15 is 0 Å². The van der Waals surface area contributed by atoms with Gasteiger partial charge in [0.05, 0.1) is 16.8 Å². The average Bonchev–Trinajstić information content (AvgIpc) is 3.48. The second-order valence-corrected chi connectivity index (χ2v) is 8.69. The molecule has 0 unspecified atom stereocenters. The molecule has 3 aromatic rings. The number of benzene rings is 2. The molecule has 1 aromatic heterocycles. The Hall–Kier alpha value is -3.40. The molecule has 1 fully saturated rings. The first-order valence-electron chi connectivity index (χ1n) is 10.9. The van der Waals surface area contributed by atoms with Gasteiger partial charge in [0.25, 0.3) is 5.69 Å². The van der Waals surface area contributed by atoms with Crippen molar-refractivity contribution in [3.8, 4) is 17.1 Å². The molecule has 1 heterocycles. The number of anilines is 1. The van der Waals surface area contributed by atoms with Crippen molar-refractivity contribution in [2.24, 2.45) is 0 Å². The third kappa shape index (κ3) is 5.70. The molecule has 4 rings (SSSR count). The zero-order chi connectivity index (χ0) is 23.2. The number of nitro groups is 1. The lowest BCUT2D eigenvalue weighted by Crippen LogP contribution is -2.14. The Balaban J connectivity index is 1.38. The van der Waals surface area contributed by atoms with Gasteiger partial charge in [-0.05, 0) is 62.9 Å². The highest BCUT2D eigenvalue weighted by Crippen LogP contribution is 2.28. The Morgan fingerprint density at radius 1 is 1.21 bits per heavy atom. The van der Waals surface area contributed by atoms with Crippen LogP contribution in [0, 0.1) is 10.1 Å². The van der Waals surface area contributed by atoms with E-state index in [2.05, 4.69) is 15.5 Å². The van der Waals surface area contributed by atoms with Crippen LogP contribution in [0.5, 0.6) is 5.75 Å². The number of nitrogens with zero attached hydrogens (tertiary/aromatic N) is 4. The van der Waals surface area contributed by atoms with Crippen molar-refractivity contribution >= 4 is 29.0 Å². The summed E-state index contributed by atoms with van der Waals surface area (Å²) in [5.41, 5.74) is 1.24. The van der Waals surface area contributed by atoms with Gasteiger partial charge in [-0.3, -0.25) is 14.9 Å². The smallest absolute Gasteiger partial charge is 0.271 e. The van der Waals surface area contributed by atoms with Crippen LogP contribution in [0.1, 0.15) is 32.6 Å². The molecule has 1 saturated carbocycles. The number of hydrogen-bond acceptors (Lipinski definition) is 7. The summed E-state index contributed by atoms with van der Waals surface area (Å²) in [5, 5.41) is 22.8. The number of non-ortho nitro benzene ring substituents is 1. The van der Waals surface area contributed by atoms with Gasteiger partial charge in [0.1, 0.15) is 5.75 Å². The Kier molecular flexibility index (Phi) is 7.23. The fourth-order valence-electron chi connectivity index (χ4n) is 3.80. The third-order valence-corrected chi connectivity index (χ3v) is 6.39. The second-order valence-electron chi connectivity index (χ2n) is 7.74. The summed E-state index contributed by atoms with van der Waals surface area (Å²) < 4.78 is 7.99. The lowest BCUT2D eigenvalue weighted by Gasteiger charge is -2.13. The molecule has 172 valence electrons.